The van der Waals surface area contributed by atoms with Crippen molar-refractivity contribution in [1.29, 1.82) is 0 Å². The maximum atomic E-state index is 12.7. The Bertz CT molecular complexity index is 914. The second kappa shape index (κ2) is 10.3. The summed E-state index contributed by atoms with van der Waals surface area (Å²) in [5, 5.41) is 3.48. The molecule has 1 N–H and O–H groups in total. The van der Waals surface area contributed by atoms with E-state index in [1.165, 1.54) is 0 Å². The summed E-state index contributed by atoms with van der Waals surface area (Å²) in [4.78, 5) is 12.7. The van der Waals surface area contributed by atoms with Gasteiger partial charge in [0.15, 0.2) is 0 Å². The summed E-state index contributed by atoms with van der Waals surface area (Å²) >= 11 is 6.10. The van der Waals surface area contributed by atoms with Crippen LogP contribution in [0.3, 0.4) is 0 Å². The minimum atomic E-state index is -0.372. The normalized spacial score (nSPS) is 16.8. The van der Waals surface area contributed by atoms with Crippen LogP contribution in [0, 0.1) is 0 Å². The molecule has 1 fully saturated rings. The summed E-state index contributed by atoms with van der Waals surface area (Å²) in [5.41, 5.74) is 1.85. The molecule has 1 aliphatic rings. The van der Waals surface area contributed by atoms with Crippen molar-refractivity contribution in [2.24, 2.45) is 0 Å². The SMILES string of the molecule is CCCCOc1ccc(Cl)cc1C(=O)NCCc1ccc(B2OC(C)(C)C(C)(C)O2)cc1. The van der Waals surface area contributed by atoms with Crippen LogP contribution in [-0.2, 0) is 15.7 Å². The standard InChI is InChI=1S/C25H33BClNO4/c1-6-7-16-30-22-13-12-20(27)17-21(22)23(29)28-15-14-18-8-10-19(11-9-18)26-31-24(2,3)25(4,5)32-26/h8-13,17H,6-7,14-16H2,1-5H3,(H,28,29). The molecule has 0 atom stereocenters. The number of halogens is 1. The van der Waals surface area contributed by atoms with Crippen LogP contribution in [0.4, 0.5) is 0 Å². The van der Waals surface area contributed by atoms with Gasteiger partial charge in [0.1, 0.15) is 5.75 Å². The maximum Gasteiger partial charge on any atom is 0.494 e. The molecule has 2 aromatic rings. The Kier molecular flexibility index (Phi) is 7.91. The van der Waals surface area contributed by atoms with E-state index in [1.54, 1.807) is 18.2 Å². The van der Waals surface area contributed by atoms with E-state index in [0.717, 1.165) is 23.9 Å². The lowest BCUT2D eigenvalue weighted by atomic mass is 9.79. The molecule has 5 nitrogen and oxygen atoms in total. The summed E-state index contributed by atoms with van der Waals surface area (Å²) in [6, 6.07) is 13.3. The number of carbonyl (C=O) groups is 1. The van der Waals surface area contributed by atoms with Crippen LogP contribution in [0.2, 0.25) is 5.02 Å². The molecule has 7 heteroatoms. The highest BCUT2D eigenvalue weighted by molar-refractivity contribution is 6.62. The van der Waals surface area contributed by atoms with E-state index in [4.69, 9.17) is 25.6 Å². The second-order valence-electron chi connectivity index (χ2n) is 9.18. The van der Waals surface area contributed by atoms with E-state index >= 15 is 0 Å². The molecular formula is C25H33BClNO4. The van der Waals surface area contributed by atoms with Crippen LogP contribution >= 0.6 is 11.6 Å². The number of rotatable bonds is 9. The average molecular weight is 458 g/mol. The zero-order valence-electron chi connectivity index (χ0n) is 19.7. The minimum absolute atomic E-state index is 0.187. The molecule has 1 aliphatic heterocycles. The average Bonchev–Trinajstić information content (AvgIpc) is 2.96. The van der Waals surface area contributed by atoms with Gasteiger partial charge in [-0.25, -0.2) is 0 Å². The maximum absolute atomic E-state index is 12.7. The van der Waals surface area contributed by atoms with Gasteiger partial charge in [0.05, 0.1) is 23.4 Å². The molecule has 1 saturated heterocycles. The van der Waals surface area contributed by atoms with Crippen LogP contribution in [0.5, 0.6) is 5.75 Å². The number of benzene rings is 2. The number of unbranched alkanes of at least 4 members (excludes halogenated alkanes) is 1. The van der Waals surface area contributed by atoms with E-state index < -0.39 is 0 Å². The monoisotopic (exact) mass is 457 g/mol. The first-order valence-electron chi connectivity index (χ1n) is 11.3. The van der Waals surface area contributed by atoms with E-state index in [1.807, 2.05) is 52.0 Å². The molecule has 0 saturated carbocycles. The number of ether oxygens (including phenoxy) is 1. The molecule has 0 bridgehead atoms. The van der Waals surface area contributed by atoms with Crippen molar-refractivity contribution in [2.45, 2.75) is 65.1 Å². The van der Waals surface area contributed by atoms with Crippen molar-refractivity contribution in [3.8, 4) is 5.75 Å². The fourth-order valence-electron chi connectivity index (χ4n) is 3.37. The second-order valence-corrected chi connectivity index (χ2v) is 9.61. The molecule has 0 aliphatic carbocycles. The van der Waals surface area contributed by atoms with Crippen molar-refractivity contribution in [3.63, 3.8) is 0 Å². The Labute approximate surface area is 196 Å². The highest BCUT2D eigenvalue weighted by atomic mass is 35.5. The van der Waals surface area contributed by atoms with Gasteiger partial charge in [-0.15, -0.1) is 0 Å². The van der Waals surface area contributed by atoms with Gasteiger partial charge in [-0.05, 0) is 69.8 Å². The molecule has 32 heavy (non-hydrogen) atoms. The summed E-state index contributed by atoms with van der Waals surface area (Å²) in [6.45, 7) is 11.4. The van der Waals surface area contributed by atoms with Crippen LogP contribution in [0.15, 0.2) is 42.5 Å². The van der Waals surface area contributed by atoms with Gasteiger partial charge in [-0.1, -0.05) is 49.2 Å². The van der Waals surface area contributed by atoms with Crippen molar-refractivity contribution >= 4 is 30.1 Å². The zero-order chi connectivity index (χ0) is 23.4. The van der Waals surface area contributed by atoms with E-state index in [2.05, 4.69) is 12.2 Å². The first-order chi connectivity index (χ1) is 15.1. The lowest BCUT2D eigenvalue weighted by molar-refractivity contribution is 0.00578. The molecular weight excluding hydrogens is 425 g/mol. The van der Waals surface area contributed by atoms with Gasteiger partial charge in [-0.3, -0.25) is 4.79 Å². The Morgan fingerprint density at radius 2 is 1.72 bits per heavy atom. The number of nitrogens with one attached hydrogen (secondary N) is 1. The zero-order valence-corrected chi connectivity index (χ0v) is 20.4. The van der Waals surface area contributed by atoms with E-state index in [0.29, 0.717) is 35.9 Å². The van der Waals surface area contributed by atoms with Gasteiger partial charge >= 0.3 is 7.12 Å². The van der Waals surface area contributed by atoms with Gasteiger partial charge in [0.2, 0.25) is 0 Å². The molecule has 3 rings (SSSR count). The summed E-state index contributed by atoms with van der Waals surface area (Å²) in [5.74, 6) is 0.375. The fraction of sp³-hybridized carbons (Fsp3) is 0.480. The van der Waals surface area contributed by atoms with Crippen LogP contribution in [-0.4, -0.2) is 37.4 Å². The van der Waals surface area contributed by atoms with E-state index in [-0.39, 0.29) is 24.2 Å². The lowest BCUT2D eigenvalue weighted by Crippen LogP contribution is -2.41. The third kappa shape index (κ3) is 5.86. The molecule has 1 heterocycles. The van der Waals surface area contributed by atoms with Crippen LogP contribution in [0.1, 0.15) is 63.4 Å². The third-order valence-electron chi connectivity index (χ3n) is 6.15. The lowest BCUT2D eigenvalue weighted by Gasteiger charge is -2.32. The first kappa shape index (κ1) is 24.6. The number of hydrogen-bond donors (Lipinski definition) is 1. The molecule has 2 aromatic carbocycles. The number of amides is 1. The number of hydrogen-bond acceptors (Lipinski definition) is 4. The Morgan fingerprint density at radius 1 is 1.06 bits per heavy atom. The highest BCUT2D eigenvalue weighted by Crippen LogP contribution is 2.36. The third-order valence-corrected chi connectivity index (χ3v) is 6.38. The molecule has 0 radical (unpaired) electrons. The molecule has 172 valence electrons. The predicted octanol–water partition coefficient (Wildman–Crippen LogP) is 4.79. The Hall–Kier alpha value is -2.02. The van der Waals surface area contributed by atoms with Crippen molar-refractivity contribution in [1.82, 2.24) is 5.32 Å². The van der Waals surface area contributed by atoms with Crippen LogP contribution < -0.4 is 15.5 Å². The van der Waals surface area contributed by atoms with Gasteiger partial charge in [0.25, 0.3) is 5.91 Å². The van der Waals surface area contributed by atoms with Gasteiger partial charge < -0.3 is 19.4 Å². The minimum Gasteiger partial charge on any atom is -0.493 e. The van der Waals surface area contributed by atoms with Gasteiger partial charge in [0, 0.05) is 11.6 Å². The first-order valence-corrected chi connectivity index (χ1v) is 11.7. The molecule has 1 amide bonds. The summed E-state index contributed by atoms with van der Waals surface area (Å²) in [7, 11) is -0.372. The van der Waals surface area contributed by atoms with E-state index in [9.17, 15) is 4.79 Å². The fourth-order valence-corrected chi connectivity index (χ4v) is 3.54. The molecule has 0 spiro atoms. The number of carbonyl (C=O) groups excluding carboxylic acids is 1. The smallest absolute Gasteiger partial charge is 0.493 e. The molecule has 0 unspecified atom stereocenters. The van der Waals surface area contributed by atoms with Crippen molar-refractivity contribution in [3.05, 3.63) is 58.6 Å². The summed E-state index contributed by atoms with van der Waals surface area (Å²) in [6.07, 6.45) is 2.68. The predicted molar refractivity (Wildman–Crippen MR) is 130 cm³/mol. The summed E-state index contributed by atoms with van der Waals surface area (Å²) < 4.78 is 18.0. The largest absolute Gasteiger partial charge is 0.494 e. The van der Waals surface area contributed by atoms with Crippen molar-refractivity contribution < 1.29 is 18.8 Å². The van der Waals surface area contributed by atoms with Crippen molar-refractivity contribution in [2.75, 3.05) is 13.2 Å². The topological polar surface area (TPSA) is 56.8 Å². The van der Waals surface area contributed by atoms with Crippen LogP contribution in [0.25, 0.3) is 0 Å². The quantitative estimate of drug-likeness (QED) is 0.434. The van der Waals surface area contributed by atoms with Gasteiger partial charge in [-0.2, -0.15) is 0 Å². The molecule has 0 aromatic heterocycles. The Balaban J connectivity index is 1.55. The highest BCUT2D eigenvalue weighted by Gasteiger charge is 2.51. The Morgan fingerprint density at radius 3 is 2.34 bits per heavy atom.